The lowest BCUT2D eigenvalue weighted by atomic mass is 10.1. The summed E-state index contributed by atoms with van der Waals surface area (Å²) in [6.07, 6.45) is 0. The summed E-state index contributed by atoms with van der Waals surface area (Å²) >= 11 is 0. The van der Waals surface area contributed by atoms with Crippen molar-refractivity contribution in [3.8, 4) is 0 Å². The van der Waals surface area contributed by atoms with Gasteiger partial charge in [0.2, 0.25) is 0 Å². The van der Waals surface area contributed by atoms with Crippen LogP contribution in [0.2, 0.25) is 0 Å². The van der Waals surface area contributed by atoms with E-state index in [1.165, 1.54) is 0 Å². The van der Waals surface area contributed by atoms with Crippen molar-refractivity contribution >= 4 is 27.8 Å². The van der Waals surface area contributed by atoms with E-state index in [0.29, 0.717) is 12.3 Å². The third-order valence-corrected chi connectivity index (χ3v) is 3.21. The minimum absolute atomic E-state index is 0.216. The molecule has 0 saturated carbocycles. The summed E-state index contributed by atoms with van der Waals surface area (Å²) in [6.45, 7) is 1.80. The van der Waals surface area contributed by atoms with Crippen molar-refractivity contribution in [2.45, 2.75) is 13.5 Å². The Hall–Kier alpha value is -2.40. The number of carbonyl (C=O) groups is 1. The molecule has 0 unspecified atom stereocenters. The molecule has 2 heterocycles. The molecule has 0 radical (unpaired) electrons. The standard InChI is InChI=1S/C15H14N2O3/c1-2-20-15(19)12-7-10-9-5-3-4-6-11(9)17-14(10)13(8-18)16-12/h3-7,17-18H,2,8H2,1H3. The molecule has 0 fully saturated rings. The first-order valence-electron chi connectivity index (χ1n) is 6.43. The van der Waals surface area contributed by atoms with Crippen molar-refractivity contribution in [3.05, 3.63) is 41.7 Å². The first-order chi connectivity index (χ1) is 9.74. The number of para-hydroxylation sites is 1. The lowest BCUT2D eigenvalue weighted by Gasteiger charge is -2.04. The van der Waals surface area contributed by atoms with Gasteiger partial charge in [-0.3, -0.25) is 0 Å². The van der Waals surface area contributed by atoms with E-state index in [1.807, 2.05) is 24.3 Å². The highest BCUT2D eigenvalue weighted by molar-refractivity contribution is 6.09. The number of esters is 1. The molecule has 5 heteroatoms. The SMILES string of the molecule is CCOC(=O)c1cc2c([nH]c3ccccc32)c(CO)n1. The Kier molecular flexibility index (Phi) is 3.12. The molecule has 0 aliphatic carbocycles. The first-order valence-corrected chi connectivity index (χ1v) is 6.43. The summed E-state index contributed by atoms with van der Waals surface area (Å²) in [4.78, 5) is 19.2. The number of aromatic nitrogens is 2. The molecule has 0 amide bonds. The number of nitrogens with zero attached hydrogens (tertiary/aromatic N) is 1. The third-order valence-electron chi connectivity index (χ3n) is 3.21. The van der Waals surface area contributed by atoms with Gasteiger partial charge in [-0.15, -0.1) is 0 Å². The van der Waals surface area contributed by atoms with E-state index in [9.17, 15) is 9.90 Å². The number of pyridine rings is 1. The van der Waals surface area contributed by atoms with Gasteiger partial charge in [0.05, 0.1) is 24.4 Å². The number of aliphatic hydroxyl groups excluding tert-OH is 1. The number of ether oxygens (including phenoxy) is 1. The van der Waals surface area contributed by atoms with Crippen molar-refractivity contribution < 1.29 is 14.6 Å². The van der Waals surface area contributed by atoms with E-state index in [-0.39, 0.29) is 12.3 Å². The monoisotopic (exact) mass is 270 g/mol. The Morgan fingerprint density at radius 3 is 2.90 bits per heavy atom. The predicted octanol–water partition coefficient (Wildman–Crippen LogP) is 2.39. The van der Waals surface area contributed by atoms with Crippen LogP contribution in [0.4, 0.5) is 0 Å². The van der Waals surface area contributed by atoms with Crippen molar-refractivity contribution in [2.24, 2.45) is 0 Å². The molecule has 3 rings (SSSR count). The van der Waals surface area contributed by atoms with E-state index in [0.717, 1.165) is 21.8 Å². The maximum absolute atomic E-state index is 11.8. The topological polar surface area (TPSA) is 75.2 Å². The van der Waals surface area contributed by atoms with Crippen molar-refractivity contribution in [3.63, 3.8) is 0 Å². The van der Waals surface area contributed by atoms with Crippen LogP contribution in [-0.4, -0.2) is 27.7 Å². The number of hydrogen-bond acceptors (Lipinski definition) is 4. The largest absolute Gasteiger partial charge is 0.461 e. The number of H-pyrrole nitrogens is 1. The van der Waals surface area contributed by atoms with Gasteiger partial charge in [-0.2, -0.15) is 0 Å². The molecule has 2 N–H and O–H groups in total. The highest BCUT2D eigenvalue weighted by Gasteiger charge is 2.15. The van der Waals surface area contributed by atoms with Gasteiger partial charge in [-0.25, -0.2) is 9.78 Å². The van der Waals surface area contributed by atoms with Gasteiger partial charge in [0.1, 0.15) is 5.69 Å². The molecular formula is C15H14N2O3. The zero-order valence-corrected chi connectivity index (χ0v) is 11.0. The number of benzene rings is 1. The number of aromatic amines is 1. The Morgan fingerprint density at radius 2 is 2.15 bits per heavy atom. The summed E-state index contributed by atoms with van der Waals surface area (Å²) < 4.78 is 4.97. The second-order valence-electron chi connectivity index (χ2n) is 4.43. The van der Waals surface area contributed by atoms with Crippen LogP contribution in [0.3, 0.4) is 0 Å². The summed E-state index contributed by atoms with van der Waals surface area (Å²) in [5.74, 6) is -0.477. The number of hydrogen-bond donors (Lipinski definition) is 2. The van der Waals surface area contributed by atoms with Crippen LogP contribution in [0.25, 0.3) is 21.8 Å². The van der Waals surface area contributed by atoms with Crippen molar-refractivity contribution in [1.82, 2.24) is 9.97 Å². The highest BCUT2D eigenvalue weighted by atomic mass is 16.5. The third kappa shape index (κ3) is 1.92. The van der Waals surface area contributed by atoms with E-state index >= 15 is 0 Å². The lowest BCUT2D eigenvalue weighted by molar-refractivity contribution is 0.0519. The number of carbonyl (C=O) groups excluding carboxylic acids is 1. The normalized spacial score (nSPS) is 11.1. The summed E-state index contributed by atoms with van der Waals surface area (Å²) in [5, 5.41) is 11.3. The van der Waals surface area contributed by atoms with Crippen LogP contribution in [0.5, 0.6) is 0 Å². The summed E-state index contributed by atoms with van der Waals surface area (Å²) in [5.41, 5.74) is 2.36. The first kappa shape index (κ1) is 12.6. The van der Waals surface area contributed by atoms with Crippen LogP contribution in [0.15, 0.2) is 30.3 Å². The molecule has 0 aliphatic heterocycles. The molecular weight excluding hydrogens is 256 g/mol. The van der Waals surface area contributed by atoms with Crippen molar-refractivity contribution in [2.75, 3.05) is 6.61 Å². The Balaban J connectivity index is 2.30. The molecule has 102 valence electrons. The fraction of sp³-hybridized carbons (Fsp3) is 0.200. The Morgan fingerprint density at radius 1 is 1.35 bits per heavy atom. The maximum atomic E-state index is 11.8. The lowest BCUT2D eigenvalue weighted by Crippen LogP contribution is -2.08. The Bertz CT molecular complexity index is 792. The number of fused-ring (bicyclic) bond motifs is 3. The van der Waals surface area contributed by atoms with Crippen molar-refractivity contribution in [1.29, 1.82) is 0 Å². The van der Waals surface area contributed by atoms with E-state index in [1.54, 1.807) is 13.0 Å². The molecule has 3 aromatic rings. The van der Waals surface area contributed by atoms with Gasteiger partial charge in [0, 0.05) is 16.3 Å². The predicted molar refractivity (Wildman–Crippen MR) is 75.5 cm³/mol. The van der Waals surface area contributed by atoms with E-state index in [2.05, 4.69) is 9.97 Å². The van der Waals surface area contributed by atoms with Crippen LogP contribution < -0.4 is 0 Å². The number of nitrogens with one attached hydrogen (secondary N) is 1. The molecule has 5 nitrogen and oxygen atoms in total. The molecule has 0 bridgehead atoms. The zero-order chi connectivity index (χ0) is 14.1. The molecule has 0 spiro atoms. The van der Waals surface area contributed by atoms with Gasteiger partial charge in [0.25, 0.3) is 0 Å². The maximum Gasteiger partial charge on any atom is 0.356 e. The second-order valence-corrected chi connectivity index (χ2v) is 4.43. The molecule has 0 saturated heterocycles. The number of aliphatic hydroxyl groups is 1. The molecule has 0 atom stereocenters. The van der Waals surface area contributed by atoms with Crippen LogP contribution in [0.1, 0.15) is 23.1 Å². The van der Waals surface area contributed by atoms with Crippen LogP contribution in [0, 0.1) is 0 Å². The van der Waals surface area contributed by atoms with Crippen LogP contribution >= 0.6 is 0 Å². The second kappa shape index (κ2) is 4.94. The smallest absolute Gasteiger partial charge is 0.356 e. The average molecular weight is 270 g/mol. The van der Waals surface area contributed by atoms with Gasteiger partial charge in [-0.05, 0) is 19.1 Å². The number of rotatable bonds is 3. The van der Waals surface area contributed by atoms with Gasteiger partial charge in [-0.1, -0.05) is 18.2 Å². The molecule has 2 aromatic heterocycles. The van der Waals surface area contributed by atoms with Gasteiger partial charge in [0.15, 0.2) is 0 Å². The molecule has 20 heavy (non-hydrogen) atoms. The van der Waals surface area contributed by atoms with Crippen LogP contribution in [-0.2, 0) is 11.3 Å². The van der Waals surface area contributed by atoms with E-state index in [4.69, 9.17) is 4.74 Å². The average Bonchev–Trinajstić information content (AvgIpc) is 2.85. The Labute approximate surface area is 115 Å². The summed E-state index contributed by atoms with van der Waals surface area (Å²) in [7, 11) is 0. The summed E-state index contributed by atoms with van der Waals surface area (Å²) in [6, 6.07) is 9.46. The fourth-order valence-corrected chi connectivity index (χ4v) is 2.34. The minimum atomic E-state index is -0.477. The van der Waals surface area contributed by atoms with Gasteiger partial charge >= 0.3 is 5.97 Å². The molecule has 0 aliphatic rings. The zero-order valence-electron chi connectivity index (χ0n) is 11.0. The quantitative estimate of drug-likeness (QED) is 0.716. The molecule has 1 aromatic carbocycles. The fourth-order valence-electron chi connectivity index (χ4n) is 2.34. The highest BCUT2D eigenvalue weighted by Crippen LogP contribution is 2.27. The van der Waals surface area contributed by atoms with E-state index < -0.39 is 5.97 Å². The minimum Gasteiger partial charge on any atom is -0.461 e. The van der Waals surface area contributed by atoms with Gasteiger partial charge < -0.3 is 14.8 Å².